The van der Waals surface area contributed by atoms with Gasteiger partial charge in [-0.2, -0.15) is 0 Å². The minimum Gasteiger partial charge on any atom is -0.480 e. The molecule has 0 saturated carbocycles. The Morgan fingerprint density at radius 1 is 1.53 bits per heavy atom. The Kier molecular flexibility index (Phi) is 3.86. The maximum absolute atomic E-state index is 11.7. The van der Waals surface area contributed by atoms with Gasteiger partial charge >= 0.3 is 5.97 Å². The molecule has 17 heavy (non-hydrogen) atoms. The summed E-state index contributed by atoms with van der Waals surface area (Å²) in [4.78, 5) is 33.0. The topological polar surface area (TPSA) is 114 Å². The van der Waals surface area contributed by atoms with Crippen molar-refractivity contribution >= 4 is 17.8 Å². The number of nitrogens with zero attached hydrogens (tertiary/aromatic N) is 1. The van der Waals surface area contributed by atoms with E-state index < -0.39 is 23.8 Å². The number of carboxylic acids is 1. The fourth-order valence-electron chi connectivity index (χ4n) is 1.25. The molecule has 1 aromatic heterocycles. The van der Waals surface area contributed by atoms with Crippen molar-refractivity contribution in [1.82, 2.24) is 9.88 Å². The summed E-state index contributed by atoms with van der Waals surface area (Å²) in [5.74, 6) is -2.25. The molecule has 1 heterocycles. The van der Waals surface area contributed by atoms with Crippen molar-refractivity contribution in [3.05, 3.63) is 24.0 Å². The second-order valence-corrected chi connectivity index (χ2v) is 3.51. The van der Waals surface area contributed by atoms with Crippen molar-refractivity contribution < 1.29 is 19.5 Å². The van der Waals surface area contributed by atoms with Crippen LogP contribution in [0.2, 0.25) is 0 Å². The van der Waals surface area contributed by atoms with Crippen LogP contribution in [0.15, 0.2) is 18.3 Å². The number of hydrogen-bond donors (Lipinski definition) is 3. The molecule has 92 valence electrons. The number of carbonyl (C=O) groups excluding carboxylic acids is 2. The van der Waals surface area contributed by atoms with Crippen molar-refractivity contribution in [3.63, 3.8) is 0 Å². The van der Waals surface area contributed by atoms with Crippen LogP contribution < -0.4 is 11.1 Å². The Morgan fingerprint density at radius 2 is 2.18 bits per heavy atom. The number of nitrogens with two attached hydrogens (primary N) is 1. The lowest BCUT2D eigenvalue weighted by molar-refractivity contribution is -0.137. The minimum absolute atomic E-state index is 0.167. The lowest BCUT2D eigenvalue weighted by Gasteiger charge is -2.11. The highest BCUT2D eigenvalue weighted by Crippen LogP contribution is 2.02. The van der Waals surface area contributed by atoms with Gasteiger partial charge in [-0.3, -0.25) is 14.4 Å². The van der Waals surface area contributed by atoms with Crippen molar-refractivity contribution in [2.24, 2.45) is 5.73 Å². The zero-order chi connectivity index (χ0) is 13.0. The van der Waals surface area contributed by atoms with Crippen LogP contribution in [-0.4, -0.2) is 33.5 Å². The van der Waals surface area contributed by atoms with E-state index >= 15 is 0 Å². The van der Waals surface area contributed by atoms with Crippen molar-refractivity contribution in [1.29, 1.82) is 0 Å². The van der Waals surface area contributed by atoms with Crippen molar-refractivity contribution in [2.45, 2.75) is 19.5 Å². The predicted octanol–water partition coefficient (Wildman–Crippen LogP) is -0.824. The molecule has 0 saturated heterocycles. The summed E-state index contributed by atoms with van der Waals surface area (Å²) in [6.07, 6.45) is 1.47. The van der Waals surface area contributed by atoms with Crippen LogP contribution in [0.4, 0.5) is 0 Å². The van der Waals surface area contributed by atoms with Crippen LogP contribution in [0.1, 0.15) is 17.4 Å². The third kappa shape index (κ3) is 3.33. The summed E-state index contributed by atoms with van der Waals surface area (Å²) in [6.45, 7) is 1.13. The quantitative estimate of drug-likeness (QED) is 0.622. The summed E-state index contributed by atoms with van der Waals surface area (Å²) in [6, 6.07) is 2.20. The van der Waals surface area contributed by atoms with Gasteiger partial charge in [0.2, 0.25) is 5.91 Å². The molecule has 0 aliphatic carbocycles. The molecule has 0 bridgehead atoms. The smallest absolute Gasteiger partial charge is 0.323 e. The largest absolute Gasteiger partial charge is 0.480 e. The van der Waals surface area contributed by atoms with E-state index in [1.807, 2.05) is 0 Å². The highest BCUT2D eigenvalue weighted by atomic mass is 16.4. The van der Waals surface area contributed by atoms with E-state index in [4.69, 9.17) is 10.8 Å². The SMILES string of the molecule is CC(NC(=O)c1cccn1CC(=O)O)C(N)=O. The molecule has 0 aliphatic rings. The molecule has 7 nitrogen and oxygen atoms in total. The molecular formula is C10H13N3O4. The van der Waals surface area contributed by atoms with Crippen LogP contribution in [-0.2, 0) is 16.1 Å². The van der Waals surface area contributed by atoms with E-state index in [1.165, 1.54) is 23.8 Å². The molecule has 1 rings (SSSR count). The molecule has 2 amide bonds. The molecule has 7 heteroatoms. The maximum Gasteiger partial charge on any atom is 0.323 e. The predicted molar refractivity (Wildman–Crippen MR) is 58.2 cm³/mol. The van der Waals surface area contributed by atoms with Gasteiger partial charge in [0.15, 0.2) is 0 Å². The maximum atomic E-state index is 11.7. The van der Waals surface area contributed by atoms with Crippen molar-refractivity contribution in [2.75, 3.05) is 0 Å². The zero-order valence-electron chi connectivity index (χ0n) is 9.21. The first-order valence-corrected chi connectivity index (χ1v) is 4.89. The number of nitrogens with one attached hydrogen (secondary N) is 1. The van der Waals surface area contributed by atoms with E-state index in [9.17, 15) is 14.4 Å². The number of aromatic nitrogens is 1. The number of amides is 2. The van der Waals surface area contributed by atoms with Crippen LogP contribution in [0.5, 0.6) is 0 Å². The lowest BCUT2D eigenvalue weighted by Crippen LogP contribution is -2.42. The number of primary amides is 1. The van der Waals surface area contributed by atoms with E-state index in [0.29, 0.717) is 0 Å². The summed E-state index contributed by atoms with van der Waals surface area (Å²) in [5.41, 5.74) is 5.17. The first-order chi connectivity index (χ1) is 7.91. The summed E-state index contributed by atoms with van der Waals surface area (Å²) < 4.78 is 1.27. The van der Waals surface area contributed by atoms with Gasteiger partial charge in [-0.15, -0.1) is 0 Å². The number of carbonyl (C=O) groups is 3. The number of carboxylic acid groups (broad SMARTS) is 1. The summed E-state index contributed by atoms with van der Waals surface area (Å²) in [7, 11) is 0. The Balaban J connectivity index is 2.79. The molecule has 0 radical (unpaired) electrons. The molecule has 4 N–H and O–H groups in total. The molecule has 0 aliphatic heterocycles. The van der Waals surface area contributed by atoms with E-state index in [0.717, 1.165) is 0 Å². The fourth-order valence-corrected chi connectivity index (χ4v) is 1.25. The molecule has 1 atom stereocenters. The first kappa shape index (κ1) is 12.8. The van der Waals surface area contributed by atoms with Gasteiger partial charge in [0.25, 0.3) is 5.91 Å². The van der Waals surface area contributed by atoms with Crippen LogP contribution in [0.3, 0.4) is 0 Å². The normalized spacial score (nSPS) is 11.8. The third-order valence-corrected chi connectivity index (χ3v) is 2.14. The van der Waals surface area contributed by atoms with Crippen LogP contribution in [0, 0.1) is 0 Å². The Labute approximate surface area is 97.2 Å². The average molecular weight is 239 g/mol. The van der Waals surface area contributed by atoms with Gasteiger partial charge in [0.1, 0.15) is 18.3 Å². The molecule has 1 unspecified atom stereocenters. The van der Waals surface area contributed by atoms with Crippen LogP contribution in [0.25, 0.3) is 0 Å². The number of rotatable bonds is 5. The van der Waals surface area contributed by atoms with Gasteiger partial charge < -0.3 is 20.7 Å². The molecule has 0 aromatic carbocycles. The third-order valence-electron chi connectivity index (χ3n) is 2.14. The summed E-state index contributed by atoms with van der Waals surface area (Å²) >= 11 is 0. The lowest BCUT2D eigenvalue weighted by atomic mass is 10.3. The van der Waals surface area contributed by atoms with Gasteiger partial charge in [-0.1, -0.05) is 0 Å². The first-order valence-electron chi connectivity index (χ1n) is 4.89. The van der Waals surface area contributed by atoms with Gasteiger partial charge in [0, 0.05) is 6.20 Å². The average Bonchev–Trinajstić information content (AvgIpc) is 2.64. The highest BCUT2D eigenvalue weighted by Gasteiger charge is 2.17. The number of hydrogen-bond acceptors (Lipinski definition) is 3. The molecule has 0 fully saturated rings. The van der Waals surface area contributed by atoms with Crippen molar-refractivity contribution in [3.8, 4) is 0 Å². The zero-order valence-corrected chi connectivity index (χ0v) is 9.21. The second-order valence-electron chi connectivity index (χ2n) is 3.51. The molecule has 1 aromatic rings. The monoisotopic (exact) mass is 239 g/mol. The van der Waals surface area contributed by atoms with E-state index in [-0.39, 0.29) is 12.2 Å². The summed E-state index contributed by atoms with van der Waals surface area (Å²) in [5, 5.41) is 11.0. The van der Waals surface area contributed by atoms with Gasteiger partial charge in [-0.25, -0.2) is 0 Å². The van der Waals surface area contributed by atoms with Gasteiger partial charge in [-0.05, 0) is 19.1 Å². The fraction of sp³-hybridized carbons (Fsp3) is 0.300. The Hall–Kier alpha value is -2.31. The van der Waals surface area contributed by atoms with Crippen LogP contribution >= 0.6 is 0 Å². The van der Waals surface area contributed by atoms with Gasteiger partial charge in [0.05, 0.1) is 0 Å². The highest BCUT2D eigenvalue weighted by molar-refractivity contribution is 5.96. The minimum atomic E-state index is -1.06. The Morgan fingerprint density at radius 3 is 2.71 bits per heavy atom. The number of aliphatic carboxylic acids is 1. The molecular weight excluding hydrogens is 226 g/mol. The second kappa shape index (κ2) is 5.15. The standard InChI is InChI=1S/C10H13N3O4/c1-6(9(11)16)12-10(17)7-3-2-4-13(7)5-8(14)15/h2-4,6H,5H2,1H3,(H2,11,16)(H,12,17)(H,14,15). The Bertz CT molecular complexity index is 452. The van der Waals surface area contributed by atoms with E-state index in [1.54, 1.807) is 6.07 Å². The van der Waals surface area contributed by atoms with E-state index in [2.05, 4.69) is 5.32 Å². The molecule has 0 spiro atoms.